The largest absolute Gasteiger partial charge is 0.480 e. The average molecular weight is 231 g/mol. The Morgan fingerprint density at radius 2 is 1.93 bits per heavy atom. The summed E-state index contributed by atoms with van der Waals surface area (Å²) in [6.45, 7) is 7.30. The molecule has 2 unspecified atom stereocenters. The molecule has 5 heteroatoms. The number of carboxylic acid groups (broad SMARTS) is 1. The third-order valence-corrected chi connectivity index (χ3v) is 3.60. The van der Waals surface area contributed by atoms with E-state index in [4.69, 9.17) is 5.11 Å². The normalized spacial score (nSPS) is 26.8. The third kappa shape index (κ3) is 2.45. The molecule has 0 bridgehead atoms. The SMILES string of the molecule is CC1SCC(C(=O)O)N1C(=O)C(C)(C)C. The van der Waals surface area contributed by atoms with Crippen molar-refractivity contribution in [2.45, 2.75) is 39.1 Å². The zero-order valence-electron chi connectivity index (χ0n) is 9.48. The average Bonchev–Trinajstić information content (AvgIpc) is 2.44. The zero-order valence-corrected chi connectivity index (χ0v) is 10.3. The molecule has 0 aromatic carbocycles. The first-order valence-electron chi connectivity index (χ1n) is 4.92. The lowest BCUT2D eigenvalue weighted by Gasteiger charge is -2.31. The second kappa shape index (κ2) is 4.04. The molecule has 1 N–H and O–H groups in total. The highest BCUT2D eigenvalue weighted by Crippen LogP contribution is 2.32. The minimum atomic E-state index is -0.913. The maximum absolute atomic E-state index is 12.0. The highest BCUT2D eigenvalue weighted by Gasteiger charge is 2.42. The van der Waals surface area contributed by atoms with Crippen LogP contribution in [-0.4, -0.2) is 39.1 Å². The number of carbonyl (C=O) groups excluding carboxylic acids is 1. The molecule has 0 aromatic rings. The highest BCUT2D eigenvalue weighted by atomic mass is 32.2. The Labute approximate surface area is 94.0 Å². The zero-order chi connectivity index (χ0) is 11.8. The van der Waals surface area contributed by atoms with Gasteiger partial charge in [0.2, 0.25) is 5.91 Å². The number of aliphatic carboxylic acids is 1. The second-order valence-corrected chi connectivity index (χ2v) is 6.10. The van der Waals surface area contributed by atoms with Crippen molar-refractivity contribution in [3.05, 3.63) is 0 Å². The van der Waals surface area contributed by atoms with Crippen LogP contribution < -0.4 is 0 Å². The Morgan fingerprint density at radius 1 is 1.40 bits per heavy atom. The molecule has 2 atom stereocenters. The summed E-state index contributed by atoms with van der Waals surface area (Å²) in [7, 11) is 0. The van der Waals surface area contributed by atoms with Crippen LogP contribution in [0.1, 0.15) is 27.7 Å². The van der Waals surface area contributed by atoms with Crippen molar-refractivity contribution in [2.24, 2.45) is 5.41 Å². The lowest BCUT2D eigenvalue weighted by Crippen LogP contribution is -2.49. The van der Waals surface area contributed by atoms with E-state index in [2.05, 4.69) is 0 Å². The summed E-state index contributed by atoms with van der Waals surface area (Å²) in [5.74, 6) is -0.518. The van der Waals surface area contributed by atoms with E-state index in [1.54, 1.807) is 0 Å². The summed E-state index contributed by atoms with van der Waals surface area (Å²) in [6.07, 6.45) is 0. The van der Waals surface area contributed by atoms with Gasteiger partial charge in [0.05, 0.1) is 5.37 Å². The first-order chi connectivity index (χ1) is 6.75. The van der Waals surface area contributed by atoms with Gasteiger partial charge in [0.15, 0.2) is 0 Å². The van der Waals surface area contributed by atoms with Gasteiger partial charge >= 0.3 is 5.97 Å². The third-order valence-electron chi connectivity index (χ3n) is 2.38. The van der Waals surface area contributed by atoms with Gasteiger partial charge in [-0.2, -0.15) is 0 Å². The van der Waals surface area contributed by atoms with Gasteiger partial charge in [-0.15, -0.1) is 11.8 Å². The number of rotatable bonds is 1. The van der Waals surface area contributed by atoms with Crippen molar-refractivity contribution in [2.75, 3.05) is 5.75 Å². The van der Waals surface area contributed by atoms with Gasteiger partial charge in [0.1, 0.15) is 6.04 Å². The predicted molar refractivity (Wildman–Crippen MR) is 59.6 cm³/mol. The second-order valence-electron chi connectivity index (χ2n) is 4.75. The van der Waals surface area contributed by atoms with Crippen LogP contribution in [0.15, 0.2) is 0 Å². The number of amides is 1. The van der Waals surface area contributed by atoms with E-state index in [-0.39, 0.29) is 11.3 Å². The quantitative estimate of drug-likeness (QED) is 0.741. The molecule has 86 valence electrons. The van der Waals surface area contributed by atoms with E-state index in [1.807, 2.05) is 27.7 Å². The van der Waals surface area contributed by atoms with Crippen LogP contribution in [0.25, 0.3) is 0 Å². The maximum atomic E-state index is 12.0. The molecule has 0 saturated carbocycles. The van der Waals surface area contributed by atoms with E-state index in [0.717, 1.165) is 0 Å². The van der Waals surface area contributed by atoms with Gasteiger partial charge in [-0.3, -0.25) is 4.79 Å². The number of hydrogen-bond acceptors (Lipinski definition) is 3. The highest BCUT2D eigenvalue weighted by molar-refractivity contribution is 8.00. The lowest BCUT2D eigenvalue weighted by molar-refractivity contribution is -0.152. The minimum absolute atomic E-state index is 0.0437. The molecule has 0 aromatic heterocycles. The summed E-state index contributed by atoms with van der Waals surface area (Å²) in [6, 6.07) is -0.670. The Morgan fingerprint density at radius 3 is 2.33 bits per heavy atom. The molecular formula is C10H17NO3S. The van der Waals surface area contributed by atoms with Crippen LogP contribution in [0, 0.1) is 5.41 Å². The first-order valence-corrected chi connectivity index (χ1v) is 5.97. The molecule has 1 heterocycles. The van der Waals surface area contributed by atoms with Crippen molar-refractivity contribution in [3.63, 3.8) is 0 Å². The summed E-state index contributed by atoms with van der Waals surface area (Å²) in [5.41, 5.74) is -0.521. The van der Waals surface area contributed by atoms with Gasteiger partial charge < -0.3 is 10.0 Å². The van der Waals surface area contributed by atoms with Crippen LogP contribution in [0.5, 0.6) is 0 Å². The van der Waals surface area contributed by atoms with Gasteiger partial charge in [0.25, 0.3) is 0 Å². The summed E-state index contributed by atoms with van der Waals surface area (Å²) in [4.78, 5) is 24.5. The first kappa shape index (κ1) is 12.4. The molecule has 1 aliphatic rings. The number of carboxylic acids is 1. The summed E-state index contributed by atoms with van der Waals surface area (Å²) < 4.78 is 0. The Bertz CT molecular complexity index is 285. The van der Waals surface area contributed by atoms with E-state index < -0.39 is 17.4 Å². The molecule has 0 radical (unpaired) electrons. The molecule has 1 aliphatic heterocycles. The number of hydrogen-bond donors (Lipinski definition) is 1. The lowest BCUT2D eigenvalue weighted by atomic mass is 9.94. The molecule has 4 nitrogen and oxygen atoms in total. The number of thioether (sulfide) groups is 1. The number of nitrogens with zero attached hydrogens (tertiary/aromatic N) is 1. The van der Waals surface area contributed by atoms with Crippen LogP contribution >= 0.6 is 11.8 Å². The molecule has 0 aliphatic carbocycles. The summed E-state index contributed by atoms with van der Waals surface area (Å²) in [5, 5.41) is 8.97. The fourth-order valence-electron chi connectivity index (χ4n) is 1.53. The van der Waals surface area contributed by atoms with Crippen molar-refractivity contribution >= 4 is 23.6 Å². The van der Waals surface area contributed by atoms with Crippen LogP contribution in [0.2, 0.25) is 0 Å². The van der Waals surface area contributed by atoms with Crippen molar-refractivity contribution < 1.29 is 14.7 Å². The monoisotopic (exact) mass is 231 g/mol. The minimum Gasteiger partial charge on any atom is -0.480 e. The molecular weight excluding hydrogens is 214 g/mol. The smallest absolute Gasteiger partial charge is 0.327 e. The van der Waals surface area contributed by atoms with E-state index >= 15 is 0 Å². The maximum Gasteiger partial charge on any atom is 0.327 e. The topological polar surface area (TPSA) is 57.6 Å². The van der Waals surface area contributed by atoms with Gasteiger partial charge in [0, 0.05) is 11.2 Å². The molecule has 15 heavy (non-hydrogen) atoms. The van der Waals surface area contributed by atoms with Gasteiger partial charge in [-0.05, 0) is 6.92 Å². The van der Waals surface area contributed by atoms with Gasteiger partial charge in [-0.25, -0.2) is 4.79 Å². The molecule has 1 amide bonds. The molecule has 1 saturated heterocycles. The molecule has 1 rings (SSSR count). The fourth-order valence-corrected chi connectivity index (χ4v) is 2.70. The van der Waals surface area contributed by atoms with Gasteiger partial charge in [-0.1, -0.05) is 20.8 Å². The van der Waals surface area contributed by atoms with E-state index in [1.165, 1.54) is 16.7 Å². The predicted octanol–water partition coefficient (Wildman–Crippen LogP) is 1.41. The van der Waals surface area contributed by atoms with Crippen molar-refractivity contribution in [3.8, 4) is 0 Å². The van der Waals surface area contributed by atoms with Crippen molar-refractivity contribution in [1.82, 2.24) is 4.90 Å². The van der Waals surface area contributed by atoms with E-state index in [0.29, 0.717) is 5.75 Å². The molecule has 0 spiro atoms. The Kier molecular flexibility index (Phi) is 3.33. The van der Waals surface area contributed by atoms with Crippen molar-refractivity contribution in [1.29, 1.82) is 0 Å². The van der Waals surface area contributed by atoms with E-state index in [9.17, 15) is 9.59 Å². The summed E-state index contributed by atoms with van der Waals surface area (Å²) >= 11 is 1.51. The Hall–Kier alpha value is -0.710. The number of carbonyl (C=O) groups is 2. The standard InChI is InChI=1S/C10H17NO3S/c1-6-11(9(14)10(2,3)4)7(5-15-6)8(12)13/h6-7H,5H2,1-4H3,(H,12,13). The van der Waals surface area contributed by atoms with Crippen LogP contribution in [0.4, 0.5) is 0 Å². The van der Waals surface area contributed by atoms with Crippen LogP contribution in [0.3, 0.4) is 0 Å². The fraction of sp³-hybridized carbons (Fsp3) is 0.800. The van der Waals surface area contributed by atoms with Crippen LogP contribution in [-0.2, 0) is 9.59 Å². The Balaban J connectivity index is 2.90. The molecule has 1 fully saturated rings.